The monoisotopic (exact) mass is 380 g/mol. The van der Waals surface area contributed by atoms with Crippen molar-refractivity contribution in [2.75, 3.05) is 0 Å². The van der Waals surface area contributed by atoms with Gasteiger partial charge in [-0.2, -0.15) is 4.57 Å². The van der Waals surface area contributed by atoms with Crippen molar-refractivity contribution in [2.45, 2.75) is 52.5 Å². The summed E-state index contributed by atoms with van der Waals surface area (Å²) in [5, 5.41) is 16.4. The van der Waals surface area contributed by atoms with Gasteiger partial charge in [0.15, 0.2) is 5.52 Å². The van der Waals surface area contributed by atoms with Gasteiger partial charge in [0.05, 0.1) is 12.1 Å². The standard InChI is InChI=1S/C21H25N5O2/c1-4-6-7-10-13-25-19(27)14(5-2)20(28)26-21(25)22-18-17(23-26)15-11-8-9-12-16(15)24(18)3/h8-9,11-12H,4-7,10,13H2,1-3H3/p+1. The summed E-state index contributed by atoms with van der Waals surface area (Å²) >= 11 is 0. The molecule has 0 fully saturated rings. The number of unbranched alkanes of at least 4 members (excludes halogenated alkanes) is 3. The van der Waals surface area contributed by atoms with Gasteiger partial charge in [-0.15, -0.1) is 0 Å². The summed E-state index contributed by atoms with van der Waals surface area (Å²) in [4.78, 5) is 17.8. The highest BCUT2D eigenvalue weighted by atomic mass is 16.3. The molecule has 1 N–H and O–H groups in total. The Morgan fingerprint density at radius 2 is 1.93 bits per heavy atom. The summed E-state index contributed by atoms with van der Waals surface area (Å²) in [7, 11) is 1.94. The second kappa shape index (κ2) is 7.22. The van der Waals surface area contributed by atoms with Crippen LogP contribution in [-0.4, -0.2) is 24.3 Å². The van der Waals surface area contributed by atoms with Crippen LogP contribution in [0.3, 0.4) is 0 Å². The van der Waals surface area contributed by atoms with Crippen molar-refractivity contribution >= 4 is 27.8 Å². The number of hydrogen-bond acceptors (Lipinski definition) is 4. The van der Waals surface area contributed by atoms with E-state index in [0.29, 0.717) is 35.5 Å². The number of aryl methyl sites for hydroxylation is 2. The van der Waals surface area contributed by atoms with E-state index in [2.05, 4.69) is 12.0 Å². The van der Waals surface area contributed by atoms with Crippen molar-refractivity contribution in [1.82, 2.24) is 19.2 Å². The number of benzene rings is 1. The lowest BCUT2D eigenvalue weighted by Crippen LogP contribution is -2.43. The molecule has 4 rings (SSSR count). The van der Waals surface area contributed by atoms with E-state index < -0.39 is 0 Å². The zero-order valence-electron chi connectivity index (χ0n) is 16.6. The van der Waals surface area contributed by atoms with Crippen LogP contribution in [0.1, 0.15) is 45.1 Å². The van der Waals surface area contributed by atoms with E-state index in [-0.39, 0.29) is 11.4 Å². The van der Waals surface area contributed by atoms with Crippen molar-refractivity contribution in [3.8, 4) is 5.88 Å². The molecule has 0 spiro atoms. The fourth-order valence-corrected chi connectivity index (χ4v) is 3.88. The molecular formula is C21H26N5O2+. The van der Waals surface area contributed by atoms with Crippen molar-refractivity contribution in [2.24, 2.45) is 7.05 Å². The highest BCUT2D eigenvalue weighted by Crippen LogP contribution is 2.24. The SMILES string of the molecule is CCCCCC[n+]1c(O)c(CC)c(=O)n2nc3c4ccccc4n(C)c3nc21. The molecule has 28 heavy (non-hydrogen) atoms. The highest BCUT2D eigenvalue weighted by molar-refractivity contribution is 6.04. The van der Waals surface area contributed by atoms with Crippen LogP contribution in [0.15, 0.2) is 29.1 Å². The Morgan fingerprint density at radius 3 is 2.68 bits per heavy atom. The number of hydrogen-bond donors (Lipinski definition) is 1. The fraction of sp³-hybridized carbons (Fsp3) is 0.429. The molecule has 3 aromatic heterocycles. The minimum absolute atomic E-state index is 0.0106. The van der Waals surface area contributed by atoms with Gasteiger partial charge in [-0.25, -0.2) is 4.79 Å². The molecule has 0 aliphatic carbocycles. The lowest BCUT2D eigenvalue weighted by Gasteiger charge is -2.08. The van der Waals surface area contributed by atoms with E-state index in [1.54, 1.807) is 4.57 Å². The zero-order valence-corrected chi connectivity index (χ0v) is 16.6. The molecule has 7 nitrogen and oxygen atoms in total. The third kappa shape index (κ3) is 2.73. The van der Waals surface area contributed by atoms with Crippen LogP contribution in [0.4, 0.5) is 0 Å². The normalized spacial score (nSPS) is 11.8. The number of aromatic hydroxyl groups is 1. The van der Waals surface area contributed by atoms with Crippen molar-refractivity contribution < 1.29 is 9.67 Å². The van der Waals surface area contributed by atoms with Gasteiger partial charge in [-0.1, -0.05) is 60.9 Å². The minimum Gasteiger partial charge on any atom is -0.483 e. The first-order valence-electron chi connectivity index (χ1n) is 10.00. The molecule has 0 saturated carbocycles. The third-order valence-corrected chi connectivity index (χ3v) is 5.45. The van der Waals surface area contributed by atoms with Crippen LogP contribution < -0.4 is 10.1 Å². The summed E-state index contributed by atoms with van der Waals surface area (Å²) in [6.07, 6.45) is 4.71. The predicted molar refractivity (Wildman–Crippen MR) is 109 cm³/mol. The first-order valence-corrected chi connectivity index (χ1v) is 10.00. The molecule has 146 valence electrons. The summed E-state index contributed by atoms with van der Waals surface area (Å²) in [6.45, 7) is 4.64. The van der Waals surface area contributed by atoms with Gasteiger partial charge in [0, 0.05) is 12.4 Å². The highest BCUT2D eigenvalue weighted by Gasteiger charge is 2.26. The first-order chi connectivity index (χ1) is 13.6. The van der Waals surface area contributed by atoms with Crippen LogP contribution >= 0.6 is 0 Å². The van der Waals surface area contributed by atoms with E-state index in [9.17, 15) is 9.90 Å². The number of rotatable bonds is 6. The van der Waals surface area contributed by atoms with Gasteiger partial charge < -0.3 is 9.67 Å². The molecule has 0 amide bonds. The minimum atomic E-state index is -0.304. The number of fused-ring (bicyclic) bond motifs is 4. The second-order valence-corrected chi connectivity index (χ2v) is 7.25. The number of aromatic nitrogens is 5. The van der Waals surface area contributed by atoms with Gasteiger partial charge >= 0.3 is 11.3 Å². The van der Waals surface area contributed by atoms with Crippen LogP contribution in [0.25, 0.3) is 27.8 Å². The van der Waals surface area contributed by atoms with E-state index in [1.807, 2.05) is 42.8 Å². The Hall–Kier alpha value is -2.96. The van der Waals surface area contributed by atoms with E-state index in [0.717, 1.165) is 36.6 Å². The third-order valence-electron chi connectivity index (χ3n) is 5.45. The summed E-state index contributed by atoms with van der Waals surface area (Å²) in [5.41, 5.74) is 2.48. The average Bonchev–Trinajstić information content (AvgIpc) is 2.99. The van der Waals surface area contributed by atoms with Crippen LogP contribution in [0.2, 0.25) is 0 Å². The van der Waals surface area contributed by atoms with Gasteiger partial charge in [-0.05, 0) is 23.9 Å². The Morgan fingerprint density at radius 1 is 1.14 bits per heavy atom. The van der Waals surface area contributed by atoms with Crippen molar-refractivity contribution in [1.29, 1.82) is 0 Å². The smallest absolute Gasteiger partial charge is 0.431 e. The number of para-hydroxylation sites is 1. The Labute approximate surface area is 162 Å². The molecule has 4 aromatic rings. The second-order valence-electron chi connectivity index (χ2n) is 7.25. The maximum absolute atomic E-state index is 13.0. The largest absolute Gasteiger partial charge is 0.483 e. The lowest BCUT2D eigenvalue weighted by molar-refractivity contribution is -0.683. The Balaban J connectivity index is 2.04. The molecule has 3 heterocycles. The fourth-order valence-electron chi connectivity index (χ4n) is 3.88. The molecule has 0 aliphatic heterocycles. The van der Waals surface area contributed by atoms with E-state index >= 15 is 0 Å². The Kier molecular flexibility index (Phi) is 4.75. The first kappa shape index (κ1) is 18.4. The van der Waals surface area contributed by atoms with Crippen molar-refractivity contribution in [3.05, 3.63) is 40.2 Å². The van der Waals surface area contributed by atoms with Crippen LogP contribution in [-0.2, 0) is 20.0 Å². The molecule has 0 bridgehead atoms. The van der Waals surface area contributed by atoms with Gasteiger partial charge in [0.25, 0.3) is 5.88 Å². The maximum atomic E-state index is 13.0. The topological polar surface area (TPSA) is 76.3 Å². The maximum Gasteiger partial charge on any atom is 0.431 e. The Bertz CT molecular complexity index is 1240. The molecule has 0 saturated heterocycles. The van der Waals surface area contributed by atoms with E-state index in [1.165, 1.54) is 4.52 Å². The molecule has 0 atom stereocenters. The molecule has 0 unspecified atom stereocenters. The molecular weight excluding hydrogens is 354 g/mol. The average molecular weight is 380 g/mol. The van der Waals surface area contributed by atoms with Gasteiger partial charge in [0.2, 0.25) is 5.65 Å². The lowest BCUT2D eigenvalue weighted by atomic mass is 10.2. The molecule has 7 heteroatoms. The van der Waals surface area contributed by atoms with Crippen LogP contribution in [0.5, 0.6) is 5.88 Å². The summed E-state index contributed by atoms with van der Waals surface area (Å²) in [5.74, 6) is 0.394. The zero-order chi connectivity index (χ0) is 19.8. The van der Waals surface area contributed by atoms with Gasteiger partial charge in [0.1, 0.15) is 5.56 Å². The number of nitrogens with zero attached hydrogens (tertiary/aromatic N) is 5. The molecule has 0 radical (unpaired) electrons. The van der Waals surface area contributed by atoms with E-state index in [4.69, 9.17) is 4.98 Å². The molecule has 1 aromatic carbocycles. The van der Waals surface area contributed by atoms with Gasteiger partial charge in [-0.3, -0.25) is 0 Å². The van der Waals surface area contributed by atoms with Crippen LogP contribution in [0, 0.1) is 0 Å². The summed E-state index contributed by atoms with van der Waals surface area (Å²) in [6, 6.07) is 7.93. The predicted octanol–water partition coefficient (Wildman–Crippen LogP) is 2.87. The summed E-state index contributed by atoms with van der Waals surface area (Å²) < 4.78 is 5.07. The van der Waals surface area contributed by atoms with Crippen molar-refractivity contribution in [3.63, 3.8) is 0 Å². The quantitative estimate of drug-likeness (QED) is 0.412. The molecule has 0 aliphatic rings.